The summed E-state index contributed by atoms with van der Waals surface area (Å²) in [4.78, 5) is 19.4. The molecule has 0 saturated carbocycles. The molecule has 0 unspecified atom stereocenters. The Morgan fingerprint density at radius 1 is 1.20 bits per heavy atom. The first-order chi connectivity index (χ1) is 14.4. The first kappa shape index (κ1) is 20.5. The van der Waals surface area contributed by atoms with E-state index in [2.05, 4.69) is 37.3 Å². The van der Waals surface area contributed by atoms with E-state index >= 15 is 0 Å². The van der Waals surface area contributed by atoms with Crippen molar-refractivity contribution in [1.82, 2.24) is 9.97 Å². The van der Waals surface area contributed by atoms with Crippen LogP contribution in [0, 0.1) is 12.7 Å². The van der Waals surface area contributed by atoms with Crippen LogP contribution in [-0.2, 0) is 4.74 Å². The van der Waals surface area contributed by atoms with Gasteiger partial charge < -0.3 is 20.5 Å². The normalized spacial score (nSPS) is 10.2. The number of nitrogens with two attached hydrogens (primary N) is 1. The average molecular weight is 410 g/mol. The van der Waals surface area contributed by atoms with Gasteiger partial charge in [0.05, 0.1) is 12.8 Å². The van der Waals surface area contributed by atoms with E-state index < -0.39 is 11.8 Å². The van der Waals surface area contributed by atoms with Gasteiger partial charge in [0, 0.05) is 24.5 Å². The number of nitrogens with one attached hydrogen (secondary N) is 2. The number of methoxy groups -OCH3 is 1. The van der Waals surface area contributed by atoms with Crippen LogP contribution in [0.4, 0.5) is 27.5 Å². The number of benzene rings is 2. The number of halogens is 1. The van der Waals surface area contributed by atoms with Crippen LogP contribution in [0.3, 0.4) is 0 Å². The summed E-state index contributed by atoms with van der Waals surface area (Å²) in [5.41, 5.74) is 10.4. The Morgan fingerprint density at radius 2 is 2.00 bits per heavy atom. The maximum Gasteiger partial charge on any atom is 0.356 e. The smallest absolute Gasteiger partial charge is 0.356 e. The van der Waals surface area contributed by atoms with Crippen LogP contribution in [0.5, 0.6) is 11.5 Å². The molecule has 1 heterocycles. The second-order valence-corrected chi connectivity index (χ2v) is 6.11. The van der Waals surface area contributed by atoms with Gasteiger partial charge in [0.15, 0.2) is 17.3 Å². The summed E-state index contributed by atoms with van der Waals surface area (Å²) in [5.74, 6) is -0.662. The molecule has 3 aromatic rings. The summed E-state index contributed by atoms with van der Waals surface area (Å²) in [7, 11) is 1.23. The number of ether oxygens (including phenoxy) is 2. The molecule has 0 amide bonds. The highest BCUT2D eigenvalue weighted by atomic mass is 19.1. The Kier molecular flexibility index (Phi) is 6.06. The van der Waals surface area contributed by atoms with Crippen molar-refractivity contribution < 1.29 is 18.7 Å². The zero-order valence-corrected chi connectivity index (χ0v) is 16.3. The van der Waals surface area contributed by atoms with Gasteiger partial charge in [-0.05, 0) is 42.8 Å². The van der Waals surface area contributed by atoms with Crippen molar-refractivity contribution in [2.75, 3.05) is 23.6 Å². The molecule has 0 radical (unpaired) electrons. The molecule has 0 fully saturated rings. The van der Waals surface area contributed by atoms with Gasteiger partial charge in [-0.1, -0.05) is 0 Å². The Hall–Kier alpha value is -4.21. The van der Waals surface area contributed by atoms with Gasteiger partial charge in [-0.25, -0.2) is 14.2 Å². The summed E-state index contributed by atoms with van der Waals surface area (Å²) in [6.45, 7) is 5.23. The molecule has 0 aliphatic rings. The van der Waals surface area contributed by atoms with Gasteiger partial charge in [-0.15, -0.1) is 0 Å². The molecule has 0 saturated heterocycles. The number of carbonyl (C=O) groups excluding carboxylic acids is 1. The fourth-order valence-corrected chi connectivity index (χ4v) is 2.59. The number of nitrogen functional groups attached to an aromatic ring is 1. The Morgan fingerprint density at radius 3 is 2.67 bits per heavy atom. The van der Waals surface area contributed by atoms with Gasteiger partial charge in [-0.2, -0.15) is 10.1 Å². The van der Waals surface area contributed by atoms with E-state index in [-0.39, 0.29) is 23.2 Å². The highest BCUT2D eigenvalue weighted by Crippen LogP contribution is 2.30. The molecular formula is C20H19FN6O3. The molecular weight excluding hydrogens is 391 g/mol. The summed E-state index contributed by atoms with van der Waals surface area (Å²) in [5, 5.41) is 6.48. The van der Waals surface area contributed by atoms with E-state index in [4.69, 9.17) is 10.5 Å². The molecule has 3 rings (SSSR count). The summed E-state index contributed by atoms with van der Waals surface area (Å²) >= 11 is 0. The van der Waals surface area contributed by atoms with E-state index in [0.717, 1.165) is 11.3 Å². The van der Waals surface area contributed by atoms with Crippen LogP contribution < -0.4 is 21.2 Å². The molecule has 4 N–H and O–H groups in total. The van der Waals surface area contributed by atoms with Crippen molar-refractivity contribution in [3.8, 4) is 11.5 Å². The van der Waals surface area contributed by atoms with E-state index in [1.807, 2.05) is 6.92 Å². The SMILES string of the molecule is C=NNc1ccc(Oc2ccc(Nc3cc(C(=O)OC)nc(N)n3)cc2F)cc1C. The molecule has 10 heteroatoms. The molecule has 30 heavy (non-hydrogen) atoms. The Balaban J connectivity index is 1.77. The number of nitrogens with zero attached hydrogens (tertiary/aromatic N) is 3. The van der Waals surface area contributed by atoms with Crippen LogP contribution in [0.15, 0.2) is 47.6 Å². The quantitative estimate of drug-likeness (QED) is 0.305. The predicted molar refractivity (Wildman–Crippen MR) is 112 cm³/mol. The maximum absolute atomic E-state index is 14.5. The number of aryl methyl sites for hydroxylation is 1. The minimum atomic E-state index is -0.664. The average Bonchev–Trinajstić information content (AvgIpc) is 2.71. The number of hydrazone groups is 1. The van der Waals surface area contributed by atoms with Crippen LogP contribution >= 0.6 is 0 Å². The van der Waals surface area contributed by atoms with Gasteiger partial charge in [0.1, 0.15) is 11.6 Å². The largest absolute Gasteiger partial charge is 0.464 e. The summed E-state index contributed by atoms with van der Waals surface area (Å²) in [6, 6.07) is 10.8. The molecule has 0 aliphatic heterocycles. The number of aromatic nitrogens is 2. The topological polar surface area (TPSA) is 124 Å². The fourth-order valence-electron chi connectivity index (χ4n) is 2.59. The standard InChI is InChI=1S/C20H19FN6O3/c1-11-8-13(5-6-15(11)27-23-2)30-17-7-4-12(9-14(17)21)24-18-10-16(19(28)29-3)25-20(22)26-18/h4-10,27H,2H2,1,3H3,(H3,22,24,25,26). The monoisotopic (exact) mass is 410 g/mol. The third-order valence-corrected chi connectivity index (χ3v) is 3.97. The number of anilines is 4. The van der Waals surface area contributed by atoms with Gasteiger partial charge in [0.25, 0.3) is 0 Å². The van der Waals surface area contributed by atoms with E-state index in [1.165, 1.54) is 25.3 Å². The lowest BCUT2D eigenvalue weighted by Gasteiger charge is -2.12. The second-order valence-electron chi connectivity index (χ2n) is 6.11. The Labute approximate surface area is 171 Å². The number of esters is 1. The molecule has 2 aromatic carbocycles. The number of hydrogen-bond donors (Lipinski definition) is 3. The van der Waals surface area contributed by atoms with E-state index in [0.29, 0.717) is 11.4 Å². The van der Waals surface area contributed by atoms with Crippen LogP contribution in [0.25, 0.3) is 0 Å². The predicted octanol–water partition coefficient (Wildman–Crippen LogP) is 3.86. The molecule has 1 aromatic heterocycles. The van der Waals surface area contributed by atoms with E-state index in [1.54, 1.807) is 24.3 Å². The minimum Gasteiger partial charge on any atom is -0.464 e. The molecule has 0 spiro atoms. The van der Waals surface area contributed by atoms with Crippen molar-refractivity contribution in [3.63, 3.8) is 0 Å². The highest BCUT2D eigenvalue weighted by molar-refractivity contribution is 5.88. The molecule has 154 valence electrons. The lowest BCUT2D eigenvalue weighted by atomic mass is 10.2. The molecule has 0 atom stereocenters. The highest BCUT2D eigenvalue weighted by Gasteiger charge is 2.12. The first-order valence-electron chi connectivity index (χ1n) is 8.69. The third-order valence-electron chi connectivity index (χ3n) is 3.97. The van der Waals surface area contributed by atoms with Crippen LogP contribution in [0.2, 0.25) is 0 Å². The van der Waals surface area contributed by atoms with Crippen molar-refractivity contribution in [1.29, 1.82) is 0 Å². The maximum atomic E-state index is 14.5. The summed E-state index contributed by atoms with van der Waals surface area (Å²) in [6.07, 6.45) is 0. The van der Waals surface area contributed by atoms with Crippen LogP contribution in [0.1, 0.15) is 16.1 Å². The molecule has 9 nitrogen and oxygen atoms in total. The lowest BCUT2D eigenvalue weighted by Crippen LogP contribution is -2.09. The second kappa shape index (κ2) is 8.86. The zero-order valence-electron chi connectivity index (χ0n) is 16.3. The molecule has 0 aliphatic carbocycles. The fraction of sp³-hybridized carbons (Fsp3) is 0.100. The van der Waals surface area contributed by atoms with Gasteiger partial charge in [-0.3, -0.25) is 5.43 Å². The van der Waals surface area contributed by atoms with Crippen molar-refractivity contribution in [3.05, 3.63) is 59.5 Å². The lowest BCUT2D eigenvalue weighted by molar-refractivity contribution is 0.0594. The van der Waals surface area contributed by atoms with Crippen molar-refractivity contribution in [2.45, 2.75) is 6.92 Å². The number of rotatable bonds is 7. The van der Waals surface area contributed by atoms with E-state index in [9.17, 15) is 9.18 Å². The molecule has 0 bridgehead atoms. The van der Waals surface area contributed by atoms with Crippen molar-refractivity contribution in [2.24, 2.45) is 5.10 Å². The van der Waals surface area contributed by atoms with Crippen LogP contribution in [-0.4, -0.2) is 29.8 Å². The Bertz CT molecular complexity index is 1110. The minimum absolute atomic E-state index is 0.0205. The number of carbonyl (C=O) groups is 1. The first-order valence-corrected chi connectivity index (χ1v) is 8.69. The zero-order chi connectivity index (χ0) is 21.7. The van der Waals surface area contributed by atoms with Gasteiger partial charge >= 0.3 is 5.97 Å². The third kappa shape index (κ3) is 4.79. The van der Waals surface area contributed by atoms with Gasteiger partial charge in [0.2, 0.25) is 5.95 Å². The van der Waals surface area contributed by atoms with Crippen molar-refractivity contribution >= 4 is 35.8 Å². The number of hydrogen-bond acceptors (Lipinski definition) is 9. The summed E-state index contributed by atoms with van der Waals surface area (Å²) < 4.78 is 24.8.